The van der Waals surface area contributed by atoms with Gasteiger partial charge >= 0.3 is 5.97 Å². The fourth-order valence-electron chi connectivity index (χ4n) is 1.82. The van der Waals surface area contributed by atoms with Crippen LogP contribution in [0.15, 0.2) is 48.8 Å². The van der Waals surface area contributed by atoms with Gasteiger partial charge in [0.2, 0.25) is 5.91 Å². The van der Waals surface area contributed by atoms with Crippen molar-refractivity contribution >= 4 is 18.0 Å². The third kappa shape index (κ3) is 4.04. The van der Waals surface area contributed by atoms with E-state index in [1.54, 1.807) is 60.5 Å². The van der Waals surface area contributed by atoms with Crippen LogP contribution in [0.5, 0.6) is 0 Å². The summed E-state index contributed by atoms with van der Waals surface area (Å²) in [6.45, 7) is 0. The maximum Gasteiger partial charge on any atom is 0.330 e. The van der Waals surface area contributed by atoms with Crippen LogP contribution in [0.4, 0.5) is 0 Å². The Labute approximate surface area is 121 Å². The third-order valence-corrected chi connectivity index (χ3v) is 2.82. The topological polar surface area (TPSA) is 84.2 Å². The van der Waals surface area contributed by atoms with Gasteiger partial charge in [0.1, 0.15) is 0 Å². The summed E-state index contributed by atoms with van der Waals surface area (Å²) in [4.78, 5) is 23.1. The second kappa shape index (κ2) is 6.51. The van der Waals surface area contributed by atoms with Gasteiger partial charge in [0.15, 0.2) is 6.04 Å². The average Bonchev–Trinajstić information content (AvgIpc) is 2.89. The van der Waals surface area contributed by atoms with Crippen LogP contribution < -0.4 is 5.32 Å². The number of nitrogens with one attached hydrogen (secondary N) is 1. The quantitative estimate of drug-likeness (QED) is 0.813. The summed E-state index contributed by atoms with van der Waals surface area (Å²) in [7, 11) is 1.77. The molecule has 2 rings (SSSR count). The molecule has 6 nitrogen and oxygen atoms in total. The minimum Gasteiger partial charge on any atom is -0.479 e. The largest absolute Gasteiger partial charge is 0.479 e. The van der Waals surface area contributed by atoms with E-state index < -0.39 is 17.9 Å². The van der Waals surface area contributed by atoms with Gasteiger partial charge in [-0.25, -0.2) is 4.79 Å². The van der Waals surface area contributed by atoms with Gasteiger partial charge in [-0.1, -0.05) is 30.3 Å². The molecule has 0 saturated carbocycles. The Kier molecular flexibility index (Phi) is 4.50. The zero-order valence-electron chi connectivity index (χ0n) is 11.4. The number of carbonyl (C=O) groups is 2. The van der Waals surface area contributed by atoms with Crippen molar-refractivity contribution in [3.63, 3.8) is 0 Å². The standard InChI is InChI=1S/C15H15N3O3/c1-18-10-11(9-16-18)7-8-13(19)17-14(15(20)21)12-5-3-2-4-6-12/h2-10,14H,1H3,(H,17,19)(H,20,21)/b8-7+/t14-/m1/s1. The predicted molar refractivity (Wildman–Crippen MR) is 77.2 cm³/mol. The number of benzene rings is 1. The van der Waals surface area contributed by atoms with Gasteiger partial charge in [-0.05, 0) is 11.6 Å². The third-order valence-electron chi connectivity index (χ3n) is 2.82. The van der Waals surface area contributed by atoms with E-state index in [9.17, 15) is 14.7 Å². The van der Waals surface area contributed by atoms with E-state index in [1.807, 2.05) is 0 Å². The van der Waals surface area contributed by atoms with Crippen molar-refractivity contribution in [3.8, 4) is 0 Å². The fraction of sp³-hybridized carbons (Fsp3) is 0.133. The number of nitrogens with zero attached hydrogens (tertiary/aromatic N) is 2. The Morgan fingerprint density at radius 1 is 1.33 bits per heavy atom. The lowest BCUT2D eigenvalue weighted by molar-refractivity contribution is -0.141. The van der Waals surface area contributed by atoms with Gasteiger partial charge in [0.25, 0.3) is 0 Å². The van der Waals surface area contributed by atoms with Crippen molar-refractivity contribution in [1.29, 1.82) is 0 Å². The van der Waals surface area contributed by atoms with Crippen LogP contribution in [-0.2, 0) is 16.6 Å². The van der Waals surface area contributed by atoms with Crippen LogP contribution in [0.3, 0.4) is 0 Å². The van der Waals surface area contributed by atoms with Crippen molar-refractivity contribution < 1.29 is 14.7 Å². The highest BCUT2D eigenvalue weighted by Gasteiger charge is 2.20. The summed E-state index contributed by atoms with van der Waals surface area (Å²) in [5, 5.41) is 15.6. The van der Waals surface area contributed by atoms with Gasteiger partial charge in [-0.15, -0.1) is 0 Å². The molecular formula is C15H15N3O3. The Bertz CT molecular complexity index is 662. The van der Waals surface area contributed by atoms with Crippen LogP contribution in [-0.4, -0.2) is 26.8 Å². The number of carbonyl (C=O) groups excluding carboxylic acids is 1. The molecule has 0 radical (unpaired) electrons. The second-order valence-corrected chi connectivity index (χ2v) is 4.47. The molecule has 1 amide bonds. The molecule has 1 aromatic heterocycles. The van der Waals surface area contributed by atoms with E-state index in [2.05, 4.69) is 10.4 Å². The summed E-state index contributed by atoms with van der Waals surface area (Å²) < 4.78 is 1.61. The summed E-state index contributed by atoms with van der Waals surface area (Å²) in [6, 6.07) is 7.48. The van der Waals surface area contributed by atoms with Gasteiger partial charge in [-0.2, -0.15) is 5.10 Å². The minimum absolute atomic E-state index is 0.477. The SMILES string of the molecule is Cn1cc(/C=C/C(=O)N[C@@H](C(=O)O)c2ccccc2)cn1. The molecule has 0 saturated heterocycles. The van der Waals surface area contributed by atoms with Crippen LogP contribution in [0.1, 0.15) is 17.2 Å². The molecule has 6 heteroatoms. The Morgan fingerprint density at radius 2 is 2.05 bits per heavy atom. The number of carboxylic acids is 1. The van der Waals surface area contributed by atoms with Crippen LogP contribution in [0.25, 0.3) is 6.08 Å². The molecule has 1 aromatic carbocycles. The molecule has 2 N–H and O–H groups in total. The summed E-state index contributed by atoms with van der Waals surface area (Å²) in [5.41, 5.74) is 1.28. The van der Waals surface area contributed by atoms with Crippen LogP contribution in [0, 0.1) is 0 Å². The number of aryl methyl sites for hydroxylation is 1. The number of rotatable bonds is 5. The van der Waals surface area contributed by atoms with E-state index in [1.165, 1.54) is 6.08 Å². The fourth-order valence-corrected chi connectivity index (χ4v) is 1.82. The van der Waals surface area contributed by atoms with Gasteiger partial charge in [-0.3, -0.25) is 9.48 Å². The molecule has 0 aliphatic carbocycles. The Morgan fingerprint density at radius 3 is 2.62 bits per heavy atom. The molecule has 0 unspecified atom stereocenters. The summed E-state index contributed by atoms with van der Waals surface area (Å²) in [6.07, 6.45) is 6.22. The normalized spacial score (nSPS) is 12.2. The molecule has 21 heavy (non-hydrogen) atoms. The number of hydrogen-bond donors (Lipinski definition) is 2. The first-order valence-corrected chi connectivity index (χ1v) is 6.31. The molecule has 2 aromatic rings. The van der Waals surface area contributed by atoms with Crippen molar-refractivity contribution in [3.05, 3.63) is 59.9 Å². The second-order valence-electron chi connectivity index (χ2n) is 4.47. The van der Waals surface area contributed by atoms with Gasteiger partial charge < -0.3 is 10.4 Å². The monoisotopic (exact) mass is 285 g/mol. The molecular weight excluding hydrogens is 270 g/mol. The zero-order valence-corrected chi connectivity index (χ0v) is 11.4. The van der Waals surface area contributed by atoms with Crippen molar-refractivity contribution in [2.24, 2.45) is 7.05 Å². The minimum atomic E-state index is -1.11. The summed E-state index contributed by atoms with van der Waals surface area (Å²) >= 11 is 0. The smallest absolute Gasteiger partial charge is 0.330 e. The molecule has 0 bridgehead atoms. The first-order valence-electron chi connectivity index (χ1n) is 6.31. The lowest BCUT2D eigenvalue weighted by Gasteiger charge is -2.13. The first kappa shape index (κ1) is 14.5. The highest BCUT2D eigenvalue weighted by Crippen LogP contribution is 2.12. The van der Waals surface area contributed by atoms with Gasteiger partial charge in [0, 0.05) is 24.9 Å². The molecule has 0 aliphatic rings. The lowest BCUT2D eigenvalue weighted by Crippen LogP contribution is -2.32. The van der Waals surface area contributed by atoms with Gasteiger partial charge in [0.05, 0.1) is 6.20 Å². The van der Waals surface area contributed by atoms with Crippen LogP contribution >= 0.6 is 0 Å². The van der Waals surface area contributed by atoms with Crippen LogP contribution in [0.2, 0.25) is 0 Å². The highest BCUT2D eigenvalue weighted by atomic mass is 16.4. The highest BCUT2D eigenvalue weighted by molar-refractivity contribution is 5.94. The van der Waals surface area contributed by atoms with E-state index in [0.717, 1.165) is 5.56 Å². The molecule has 0 spiro atoms. The van der Waals surface area contributed by atoms with E-state index in [0.29, 0.717) is 5.56 Å². The number of hydrogen-bond acceptors (Lipinski definition) is 3. The number of aromatic nitrogens is 2. The predicted octanol–water partition coefficient (Wildman–Crippen LogP) is 1.38. The molecule has 108 valence electrons. The molecule has 1 atom stereocenters. The van der Waals surface area contributed by atoms with Crippen molar-refractivity contribution in [2.75, 3.05) is 0 Å². The van der Waals surface area contributed by atoms with Crippen molar-refractivity contribution in [2.45, 2.75) is 6.04 Å². The van der Waals surface area contributed by atoms with E-state index >= 15 is 0 Å². The van der Waals surface area contributed by atoms with E-state index in [-0.39, 0.29) is 0 Å². The molecule has 1 heterocycles. The Hall–Kier alpha value is -2.89. The molecule has 0 aliphatic heterocycles. The zero-order chi connectivity index (χ0) is 15.2. The maximum absolute atomic E-state index is 11.8. The maximum atomic E-state index is 11.8. The summed E-state index contributed by atoms with van der Waals surface area (Å²) in [5.74, 6) is -1.58. The number of aliphatic carboxylic acids is 1. The number of carboxylic acid groups (broad SMARTS) is 1. The van der Waals surface area contributed by atoms with E-state index in [4.69, 9.17) is 0 Å². The first-order chi connectivity index (χ1) is 10.1. The lowest BCUT2D eigenvalue weighted by atomic mass is 10.1. The Balaban J connectivity index is 2.05. The number of amides is 1. The van der Waals surface area contributed by atoms with Crippen molar-refractivity contribution in [1.82, 2.24) is 15.1 Å². The average molecular weight is 285 g/mol. The molecule has 0 fully saturated rings.